The molecule has 0 saturated carbocycles. The molecule has 80 valence electrons. The van der Waals surface area contributed by atoms with Crippen molar-refractivity contribution in [3.8, 4) is 11.8 Å². The summed E-state index contributed by atoms with van der Waals surface area (Å²) >= 11 is 1.79. The van der Waals surface area contributed by atoms with Gasteiger partial charge in [0.25, 0.3) is 0 Å². The molecule has 0 aliphatic carbocycles. The first-order valence-electron chi connectivity index (χ1n) is 5.07. The third-order valence-electron chi connectivity index (χ3n) is 2.28. The van der Waals surface area contributed by atoms with E-state index in [0.29, 0.717) is 6.04 Å². The third-order valence-corrected chi connectivity index (χ3v) is 3.15. The van der Waals surface area contributed by atoms with E-state index in [4.69, 9.17) is 0 Å². The average Bonchev–Trinajstić information content (AvgIpc) is 2.29. The lowest BCUT2D eigenvalue weighted by Crippen LogP contribution is -2.11. The predicted molar refractivity (Wildman–Crippen MR) is 68.1 cm³/mol. The molecule has 1 nitrogen and oxygen atoms in total. The van der Waals surface area contributed by atoms with Crippen molar-refractivity contribution in [3.63, 3.8) is 0 Å². The molecule has 0 aliphatic rings. The monoisotopic (exact) mass is 219 g/mol. The van der Waals surface area contributed by atoms with Gasteiger partial charge in [0.05, 0.1) is 5.75 Å². The normalized spacial score (nSPS) is 11.7. The molecule has 0 spiro atoms. The van der Waals surface area contributed by atoms with Gasteiger partial charge in [-0.25, -0.2) is 0 Å². The van der Waals surface area contributed by atoms with E-state index in [0.717, 1.165) is 5.75 Å². The predicted octanol–water partition coefficient (Wildman–Crippen LogP) is 3.08. The highest BCUT2D eigenvalue weighted by Gasteiger charge is 2.02. The summed E-state index contributed by atoms with van der Waals surface area (Å²) in [5.74, 6) is 6.83. The van der Waals surface area contributed by atoms with Gasteiger partial charge in [-0.15, -0.1) is 17.7 Å². The van der Waals surface area contributed by atoms with Crippen molar-refractivity contribution in [3.05, 3.63) is 29.8 Å². The Hall–Kier alpha value is -0.910. The second-order valence-corrected chi connectivity index (χ2v) is 4.35. The molecule has 0 radical (unpaired) electrons. The first kappa shape index (κ1) is 12.2. The molecule has 2 heteroatoms. The van der Waals surface area contributed by atoms with Gasteiger partial charge in [-0.3, -0.25) is 0 Å². The van der Waals surface area contributed by atoms with Crippen molar-refractivity contribution < 1.29 is 0 Å². The van der Waals surface area contributed by atoms with Gasteiger partial charge in [-0.2, -0.15) is 0 Å². The molecule has 0 fully saturated rings. The minimum atomic E-state index is 0.405. The van der Waals surface area contributed by atoms with Crippen LogP contribution in [0.5, 0.6) is 0 Å². The molecule has 0 bridgehead atoms. The summed E-state index contributed by atoms with van der Waals surface area (Å²) in [7, 11) is 1.98. The summed E-state index contributed by atoms with van der Waals surface area (Å²) in [4.78, 5) is 1.29. The standard InChI is InChI=1S/C13H17NS/c1-4-5-9-15-13-8-6-7-12(10-13)11(2)14-3/h6-8,10-11,14H,9H2,1-3H3. The number of benzene rings is 1. The number of rotatable bonds is 4. The summed E-state index contributed by atoms with van der Waals surface area (Å²) in [6.07, 6.45) is 0. The smallest absolute Gasteiger partial charge is 0.0594 e. The molecule has 0 heterocycles. The van der Waals surface area contributed by atoms with Gasteiger partial charge in [0.1, 0.15) is 0 Å². The van der Waals surface area contributed by atoms with E-state index in [2.05, 4.69) is 48.3 Å². The topological polar surface area (TPSA) is 12.0 Å². The van der Waals surface area contributed by atoms with E-state index < -0.39 is 0 Å². The molecule has 1 atom stereocenters. The Labute approximate surface area is 96.7 Å². The molecule has 0 saturated heterocycles. The van der Waals surface area contributed by atoms with Gasteiger partial charge in [0.2, 0.25) is 0 Å². The fourth-order valence-corrected chi connectivity index (χ4v) is 2.01. The molecule has 1 aromatic carbocycles. The zero-order valence-corrected chi connectivity index (χ0v) is 10.3. The largest absolute Gasteiger partial charge is 0.313 e. The maximum Gasteiger partial charge on any atom is 0.0594 e. The fraction of sp³-hybridized carbons (Fsp3) is 0.385. The zero-order valence-electron chi connectivity index (χ0n) is 9.50. The quantitative estimate of drug-likeness (QED) is 0.617. The Morgan fingerprint density at radius 2 is 2.27 bits per heavy atom. The van der Waals surface area contributed by atoms with Crippen LogP contribution in [0.1, 0.15) is 25.5 Å². The van der Waals surface area contributed by atoms with Crippen molar-refractivity contribution in [2.75, 3.05) is 12.8 Å². The van der Waals surface area contributed by atoms with Crippen LogP contribution in [0.2, 0.25) is 0 Å². The summed E-state index contributed by atoms with van der Waals surface area (Å²) < 4.78 is 0. The lowest BCUT2D eigenvalue weighted by atomic mass is 10.1. The molecule has 0 aromatic heterocycles. The Morgan fingerprint density at radius 3 is 2.93 bits per heavy atom. The highest BCUT2D eigenvalue weighted by molar-refractivity contribution is 7.99. The number of hydrogen-bond donors (Lipinski definition) is 1. The molecule has 0 aliphatic heterocycles. The molecule has 1 rings (SSSR count). The van der Waals surface area contributed by atoms with Crippen molar-refractivity contribution in [1.82, 2.24) is 5.32 Å². The van der Waals surface area contributed by atoms with Crippen LogP contribution in [0.25, 0.3) is 0 Å². The maximum atomic E-state index is 3.24. The Bertz CT molecular complexity index is 362. The third kappa shape index (κ3) is 3.99. The van der Waals surface area contributed by atoms with Gasteiger partial charge in [0.15, 0.2) is 0 Å². The van der Waals surface area contributed by atoms with E-state index in [1.54, 1.807) is 11.8 Å². The Kier molecular flexibility index (Phi) is 5.31. The molecule has 0 amide bonds. The van der Waals surface area contributed by atoms with Gasteiger partial charge < -0.3 is 5.32 Å². The van der Waals surface area contributed by atoms with Crippen LogP contribution in [-0.2, 0) is 0 Å². The van der Waals surface area contributed by atoms with Crippen LogP contribution >= 0.6 is 11.8 Å². The summed E-state index contributed by atoms with van der Waals surface area (Å²) in [5, 5.41) is 3.24. The molecule has 1 N–H and O–H groups in total. The van der Waals surface area contributed by atoms with Crippen molar-refractivity contribution in [2.45, 2.75) is 24.8 Å². The number of thioether (sulfide) groups is 1. The zero-order chi connectivity index (χ0) is 11.1. The lowest BCUT2D eigenvalue weighted by molar-refractivity contribution is 0.651. The highest BCUT2D eigenvalue weighted by Crippen LogP contribution is 2.21. The van der Waals surface area contributed by atoms with Crippen molar-refractivity contribution in [1.29, 1.82) is 0 Å². The molecule has 15 heavy (non-hydrogen) atoms. The second-order valence-electron chi connectivity index (χ2n) is 3.30. The van der Waals surface area contributed by atoms with Crippen molar-refractivity contribution >= 4 is 11.8 Å². The average molecular weight is 219 g/mol. The van der Waals surface area contributed by atoms with Crippen molar-refractivity contribution in [2.24, 2.45) is 0 Å². The fourth-order valence-electron chi connectivity index (χ4n) is 1.23. The van der Waals surface area contributed by atoms with E-state index in [9.17, 15) is 0 Å². The van der Waals surface area contributed by atoms with E-state index >= 15 is 0 Å². The summed E-state index contributed by atoms with van der Waals surface area (Å²) in [5.41, 5.74) is 1.33. The number of nitrogens with one attached hydrogen (secondary N) is 1. The van der Waals surface area contributed by atoms with Crippen LogP contribution < -0.4 is 5.32 Å². The highest BCUT2D eigenvalue weighted by atomic mass is 32.2. The maximum absolute atomic E-state index is 3.24. The van der Waals surface area contributed by atoms with Gasteiger partial charge in [-0.05, 0) is 38.6 Å². The van der Waals surface area contributed by atoms with E-state index in [-0.39, 0.29) is 0 Å². The van der Waals surface area contributed by atoms with E-state index in [1.807, 2.05) is 14.0 Å². The van der Waals surface area contributed by atoms with Gasteiger partial charge in [-0.1, -0.05) is 18.1 Å². The Morgan fingerprint density at radius 1 is 1.47 bits per heavy atom. The van der Waals surface area contributed by atoms with Crippen LogP contribution in [0, 0.1) is 11.8 Å². The van der Waals surface area contributed by atoms with Crippen LogP contribution in [-0.4, -0.2) is 12.8 Å². The lowest BCUT2D eigenvalue weighted by Gasteiger charge is -2.11. The Balaban J connectivity index is 2.68. The molecular formula is C13H17NS. The summed E-state index contributed by atoms with van der Waals surface area (Å²) in [6, 6.07) is 9.02. The minimum Gasteiger partial charge on any atom is -0.313 e. The van der Waals surface area contributed by atoms with Crippen LogP contribution in [0.15, 0.2) is 29.2 Å². The number of hydrogen-bond acceptors (Lipinski definition) is 2. The van der Waals surface area contributed by atoms with Gasteiger partial charge >= 0.3 is 0 Å². The minimum absolute atomic E-state index is 0.405. The first-order chi connectivity index (χ1) is 7.27. The van der Waals surface area contributed by atoms with Crippen LogP contribution in [0.4, 0.5) is 0 Å². The molecule has 1 unspecified atom stereocenters. The molecule has 1 aromatic rings. The van der Waals surface area contributed by atoms with E-state index in [1.165, 1.54) is 10.5 Å². The first-order valence-corrected chi connectivity index (χ1v) is 6.06. The van der Waals surface area contributed by atoms with Gasteiger partial charge in [0, 0.05) is 10.9 Å². The second kappa shape index (κ2) is 6.55. The summed E-state index contributed by atoms with van der Waals surface area (Å²) in [6.45, 7) is 4.04. The van der Waals surface area contributed by atoms with Crippen LogP contribution in [0.3, 0.4) is 0 Å². The SMILES string of the molecule is CC#CCSc1cccc(C(C)NC)c1. The molecular weight excluding hydrogens is 202 g/mol.